The average Bonchev–Trinajstić information content (AvgIpc) is 3.17. The van der Waals surface area contributed by atoms with E-state index in [1.165, 1.54) is 11.3 Å². The quantitative estimate of drug-likeness (QED) is 0.619. The molecule has 0 aliphatic carbocycles. The van der Waals surface area contributed by atoms with Crippen LogP contribution in [0.4, 0.5) is 16.2 Å². The van der Waals surface area contributed by atoms with Crippen LogP contribution in [0.15, 0.2) is 83.9 Å². The Labute approximate surface area is 182 Å². The molecule has 0 bridgehead atoms. The third-order valence-corrected chi connectivity index (χ3v) is 6.19. The van der Waals surface area contributed by atoms with Crippen molar-refractivity contribution in [2.75, 3.05) is 18.0 Å². The van der Waals surface area contributed by atoms with Crippen molar-refractivity contribution in [1.82, 2.24) is 4.90 Å². The normalized spacial score (nSPS) is 19.5. The SMILES string of the molecule is C[C@@H]1CN(C(=O)O)C[C@H]2Cc3ccc(N=C(c4ccccc4)c4ccccc4)cc3N21. The van der Waals surface area contributed by atoms with Crippen LogP contribution in [0.3, 0.4) is 0 Å². The zero-order valence-corrected chi connectivity index (χ0v) is 17.5. The Bertz CT molecular complexity index is 1090. The number of hydrogen-bond donors (Lipinski definition) is 1. The molecule has 1 N–H and O–H groups in total. The Morgan fingerprint density at radius 2 is 1.58 bits per heavy atom. The van der Waals surface area contributed by atoms with Crippen molar-refractivity contribution < 1.29 is 9.90 Å². The number of carbonyl (C=O) groups is 1. The summed E-state index contributed by atoms with van der Waals surface area (Å²) >= 11 is 0. The van der Waals surface area contributed by atoms with Gasteiger partial charge in [-0.2, -0.15) is 0 Å². The van der Waals surface area contributed by atoms with Crippen molar-refractivity contribution >= 4 is 23.2 Å². The summed E-state index contributed by atoms with van der Waals surface area (Å²) in [5.74, 6) is 0. The summed E-state index contributed by atoms with van der Waals surface area (Å²) in [5, 5.41) is 9.44. The standard InChI is InChI=1S/C26H25N3O2/c1-18-16-28(26(30)31)17-23-14-21-12-13-22(15-24(21)29(18)23)27-25(19-8-4-2-5-9-19)20-10-6-3-7-11-20/h2-13,15,18,23H,14,16-17H2,1H3,(H,30,31)/t18-,23-/m1/s1. The van der Waals surface area contributed by atoms with Gasteiger partial charge in [0.05, 0.1) is 17.4 Å². The lowest BCUT2D eigenvalue weighted by Crippen LogP contribution is -2.57. The molecule has 2 atom stereocenters. The fourth-order valence-corrected chi connectivity index (χ4v) is 4.84. The lowest BCUT2D eigenvalue weighted by molar-refractivity contribution is 0.128. The summed E-state index contributed by atoms with van der Waals surface area (Å²) in [6.07, 6.45) is 0.0422. The molecule has 1 amide bonds. The van der Waals surface area contributed by atoms with Crippen LogP contribution in [-0.2, 0) is 6.42 Å². The van der Waals surface area contributed by atoms with Crippen LogP contribution in [-0.4, -0.2) is 47.0 Å². The molecule has 5 heteroatoms. The molecule has 1 fully saturated rings. The molecule has 0 saturated carbocycles. The zero-order valence-electron chi connectivity index (χ0n) is 17.5. The second-order valence-corrected chi connectivity index (χ2v) is 8.31. The van der Waals surface area contributed by atoms with Crippen LogP contribution in [0.1, 0.15) is 23.6 Å². The molecular weight excluding hydrogens is 386 g/mol. The van der Waals surface area contributed by atoms with Gasteiger partial charge in [-0.15, -0.1) is 0 Å². The Morgan fingerprint density at radius 1 is 0.935 bits per heavy atom. The summed E-state index contributed by atoms with van der Waals surface area (Å²) in [6.45, 7) is 3.18. The number of nitrogens with zero attached hydrogens (tertiary/aromatic N) is 3. The van der Waals surface area contributed by atoms with E-state index in [2.05, 4.69) is 54.3 Å². The van der Waals surface area contributed by atoms with Gasteiger partial charge in [0, 0.05) is 35.9 Å². The minimum absolute atomic E-state index is 0.137. The first-order chi connectivity index (χ1) is 15.1. The molecule has 5 rings (SSSR count). The van der Waals surface area contributed by atoms with Gasteiger partial charge in [0.1, 0.15) is 0 Å². The minimum Gasteiger partial charge on any atom is -0.465 e. The third-order valence-electron chi connectivity index (χ3n) is 6.19. The summed E-state index contributed by atoms with van der Waals surface area (Å²) in [7, 11) is 0. The number of fused-ring (bicyclic) bond motifs is 3. The second-order valence-electron chi connectivity index (χ2n) is 8.31. The predicted molar refractivity (Wildman–Crippen MR) is 124 cm³/mol. The Morgan fingerprint density at radius 3 is 2.19 bits per heavy atom. The number of anilines is 1. The fourth-order valence-electron chi connectivity index (χ4n) is 4.84. The Hall–Kier alpha value is -3.60. The van der Waals surface area contributed by atoms with Crippen LogP contribution in [0.25, 0.3) is 0 Å². The molecule has 2 aliphatic rings. The number of benzene rings is 3. The van der Waals surface area contributed by atoms with E-state index in [0.29, 0.717) is 13.1 Å². The largest absolute Gasteiger partial charge is 0.465 e. The maximum Gasteiger partial charge on any atom is 0.407 e. The van der Waals surface area contributed by atoms with E-state index in [-0.39, 0.29) is 12.1 Å². The average molecular weight is 412 g/mol. The summed E-state index contributed by atoms with van der Waals surface area (Å²) in [5.41, 5.74) is 6.47. The van der Waals surface area contributed by atoms with Gasteiger partial charge >= 0.3 is 6.09 Å². The first-order valence-electron chi connectivity index (χ1n) is 10.7. The van der Waals surface area contributed by atoms with Crippen LogP contribution >= 0.6 is 0 Å². The van der Waals surface area contributed by atoms with Crippen LogP contribution < -0.4 is 4.90 Å². The smallest absolute Gasteiger partial charge is 0.407 e. The minimum atomic E-state index is -0.830. The monoisotopic (exact) mass is 411 g/mol. The molecular formula is C26H25N3O2. The van der Waals surface area contributed by atoms with Crippen LogP contribution in [0, 0.1) is 0 Å². The van der Waals surface area contributed by atoms with Gasteiger partial charge in [-0.3, -0.25) is 0 Å². The number of amides is 1. The molecule has 1 saturated heterocycles. The molecule has 5 nitrogen and oxygen atoms in total. The Balaban J connectivity index is 1.53. The van der Waals surface area contributed by atoms with Crippen molar-refractivity contribution in [3.63, 3.8) is 0 Å². The second kappa shape index (κ2) is 7.91. The van der Waals surface area contributed by atoms with E-state index < -0.39 is 6.09 Å². The topological polar surface area (TPSA) is 56.1 Å². The lowest BCUT2D eigenvalue weighted by Gasteiger charge is -2.42. The first-order valence-corrected chi connectivity index (χ1v) is 10.7. The van der Waals surface area contributed by atoms with Gasteiger partial charge in [-0.05, 0) is 31.0 Å². The predicted octanol–water partition coefficient (Wildman–Crippen LogP) is 4.97. The number of piperazine rings is 1. The van der Waals surface area contributed by atoms with Crippen LogP contribution in [0.2, 0.25) is 0 Å². The first kappa shape index (κ1) is 19.4. The van der Waals surface area contributed by atoms with Gasteiger partial charge in [0.15, 0.2) is 0 Å². The van der Waals surface area contributed by atoms with Crippen molar-refractivity contribution in [2.45, 2.75) is 25.4 Å². The van der Waals surface area contributed by atoms with Crippen molar-refractivity contribution in [3.8, 4) is 0 Å². The number of aliphatic imine (C=N–C) groups is 1. The number of hydrogen-bond acceptors (Lipinski definition) is 3. The Kier molecular flexibility index (Phi) is 4.94. The lowest BCUT2D eigenvalue weighted by atomic mass is 10.0. The molecule has 3 aromatic rings. The van der Waals surface area contributed by atoms with E-state index in [4.69, 9.17) is 4.99 Å². The van der Waals surface area contributed by atoms with E-state index >= 15 is 0 Å². The summed E-state index contributed by atoms with van der Waals surface area (Å²) < 4.78 is 0. The highest BCUT2D eigenvalue weighted by molar-refractivity contribution is 6.14. The maximum atomic E-state index is 11.5. The van der Waals surface area contributed by atoms with Gasteiger partial charge < -0.3 is 14.9 Å². The molecule has 3 aromatic carbocycles. The molecule has 0 unspecified atom stereocenters. The van der Waals surface area contributed by atoms with Crippen molar-refractivity contribution in [3.05, 3.63) is 95.6 Å². The van der Waals surface area contributed by atoms with E-state index in [0.717, 1.165) is 28.9 Å². The third kappa shape index (κ3) is 3.67. The van der Waals surface area contributed by atoms with Gasteiger partial charge in [-0.25, -0.2) is 9.79 Å². The summed E-state index contributed by atoms with van der Waals surface area (Å²) in [6, 6.07) is 27.2. The highest BCUT2D eigenvalue weighted by Crippen LogP contribution is 2.39. The van der Waals surface area contributed by atoms with E-state index in [1.54, 1.807) is 4.90 Å². The molecule has 156 valence electrons. The van der Waals surface area contributed by atoms with Crippen LogP contribution in [0.5, 0.6) is 0 Å². The van der Waals surface area contributed by atoms with Crippen molar-refractivity contribution in [2.24, 2.45) is 4.99 Å². The molecule has 0 aromatic heterocycles. The van der Waals surface area contributed by atoms with Gasteiger partial charge in [0.2, 0.25) is 0 Å². The number of rotatable bonds is 3. The van der Waals surface area contributed by atoms with E-state index in [9.17, 15) is 9.90 Å². The molecule has 2 aliphatic heterocycles. The molecule has 31 heavy (non-hydrogen) atoms. The fraction of sp³-hybridized carbons (Fsp3) is 0.231. The number of carboxylic acid groups (broad SMARTS) is 1. The van der Waals surface area contributed by atoms with E-state index in [1.807, 2.05) is 36.4 Å². The summed E-state index contributed by atoms with van der Waals surface area (Å²) in [4.78, 5) is 20.5. The molecule has 0 spiro atoms. The zero-order chi connectivity index (χ0) is 21.4. The highest BCUT2D eigenvalue weighted by atomic mass is 16.4. The van der Waals surface area contributed by atoms with Crippen molar-refractivity contribution in [1.29, 1.82) is 0 Å². The molecule has 0 radical (unpaired) electrons. The maximum absolute atomic E-state index is 11.5. The van der Waals surface area contributed by atoms with Gasteiger partial charge in [-0.1, -0.05) is 66.7 Å². The van der Waals surface area contributed by atoms with Gasteiger partial charge in [0.25, 0.3) is 0 Å². The highest BCUT2D eigenvalue weighted by Gasteiger charge is 2.39. The molecule has 2 heterocycles.